The molecule has 126 valence electrons. The highest BCUT2D eigenvalue weighted by Gasteiger charge is 2.58. The molecule has 4 bridgehead atoms. The van der Waals surface area contributed by atoms with E-state index in [0.717, 1.165) is 32.1 Å². The molecular weight excluding hydrogens is 296 g/mol. The van der Waals surface area contributed by atoms with Gasteiger partial charge in [0.2, 0.25) is 5.91 Å². The second-order valence-corrected chi connectivity index (χ2v) is 8.07. The molecule has 5 rings (SSSR count). The van der Waals surface area contributed by atoms with Crippen molar-refractivity contribution >= 4 is 17.8 Å². The first-order chi connectivity index (χ1) is 11.0. The summed E-state index contributed by atoms with van der Waals surface area (Å²) in [5.41, 5.74) is -0.365. The average Bonchev–Trinajstić information content (AvgIpc) is 2.52. The fraction of sp³-hybridized carbons (Fsp3) is 0.824. The van der Waals surface area contributed by atoms with Crippen LogP contribution in [0.4, 0.5) is 4.79 Å². The molecule has 2 amide bonds. The summed E-state index contributed by atoms with van der Waals surface area (Å²) in [6.45, 7) is 0.930. The lowest BCUT2D eigenvalue weighted by Gasteiger charge is -2.54. The summed E-state index contributed by atoms with van der Waals surface area (Å²) in [6.07, 6.45) is 4.98. The maximum absolute atomic E-state index is 13.0. The van der Waals surface area contributed by atoms with Gasteiger partial charge in [0.1, 0.15) is 5.78 Å². The van der Waals surface area contributed by atoms with Gasteiger partial charge >= 0.3 is 6.09 Å². The minimum absolute atomic E-state index is 0.0710. The Bertz CT molecular complexity index is 543. The topological polar surface area (TPSA) is 86.7 Å². The van der Waals surface area contributed by atoms with E-state index in [0.29, 0.717) is 37.6 Å². The predicted octanol–water partition coefficient (Wildman–Crippen LogP) is 1.64. The zero-order valence-corrected chi connectivity index (χ0v) is 13.3. The molecule has 1 aliphatic heterocycles. The Morgan fingerprint density at radius 2 is 1.87 bits per heavy atom. The van der Waals surface area contributed by atoms with Crippen molar-refractivity contribution in [3.63, 3.8) is 0 Å². The van der Waals surface area contributed by atoms with Gasteiger partial charge in [0.05, 0.1) is 5.41 Å². The van der Waals surface area contributed by atoms with Gasteiger partial charge in [-0.05, 0) is 50.9 Å². The van der Waals surface area contributed by atoms with Crippen LogP contribution in [0.2, 0.25) is 0 Å². The van der Waals surface area contributed by atoms with Crippen LogP contribution in [0.15, 0.2) is 0 Å². The molecule has 4 aliphatic carbocycles. The number of hydrogen-bond acceptors (Lipinski definition) is 3. The van der Waals surface area contributed by atoms with Crippen LogP contribution in [-0.4, -0.2) is 46.9 Å². The summed E-state index contributed by atoms with van der Waals surface area (Å²) in [5, 5.41) is 12.2. The van der Waals surface area contributed by atoms with Crippen molar-refractivity contribution < 1.29 is 19.5 Å². The molecule has 6 heteroatoms. The maximum atomic E-state index is 13.0. The second-order valence-electron chi connectivity index (χ2n) is 8.07. The highest BCUT2D eigenvalue weighted by Crippen LogP contribution is 2.58. The number of rotatable bonds is 2. The van der Waals surface area contributed by atoms with Crippen molar-refractivity contribution in [2.24, 2.45) is 23.2 Å². The Balaban J connectivity index is 1.45. The molecule has 1 heterocycles. The molecule has 0 radical (unpaired) electrons. The number of carboxylic acid groups (broad SMARTS) is 1. The van der Waals surface area contributed by atoms with Crippen molar-refractivity contribution in [1.29, 1.82) is 0 Å². The zero-order valence-electron chi connectivity index (χ0n) is 13.3. The van der Waals surface area contributed by atoms with Gasteiger partial charge in [-0.1, -0.05) is 0 Å². The molecule has 0 aromatic rings. The Labute approximate surface area is 135 Å². The van der Waals surface area contributed by atoms with Gasteiger partial charge in [-0.25, -0.2) is 4.79 Å². The van der Waals surface area contributed by atoms with E-state index in [1.54, 1.807) is 0 Å². The van der Waals surface area contributed by atoms with Crippen molar-refractivity contribution in [2.45, 2.75) is 51.0 Å². The number of nitrogens with one attached hydrogen (secondary N) is 1. The van der Waals surface area contributed by atoms with Crippen molar-refractivity contribution in [3.8, 4) is 0 Å². The SMILES string of the molecule is O=C1C2CC3CC1CC(C(=O)N[C@H]1CCCN(C(=O)O)C1)(C3)C2. The Hall–Kier alpha value is -1.59. The highest BCUT2D eigenvalue weighted by molar-refractivity contribution is 5.91. The van der Waals surface area contributed by atoms with E-state index in [-0.39, 0.29) is 29.2 Å². The fourth-order valence-electron chi connectivity index (χ4n) is 5.63. The summed E-state index contributed by atoms with van der Waals surface area (Å²) < 4.78 is 0. The number of Topliss-reactive ketones (excluding diaryl/α,β-unsaturated/α-hetero) is 1. The minimum atomic E-state index is -0.913. The third kappa shape index (κ3) is 2.42. The third-order valence-electron chi connectivity index (χ3n) is 6.50. The van der Waals surface area contributed by atoms with Crippen LogP contribution >= 0.6 is 0 Å². The smallest absolute Gasteiger partial charge is 0.407 e. The number of nitrogens with zero attached hydrogens (tertiary/aromatic N) is 1. The first kappa shape index (κ1) is 15.0. The number of piperidine rings is 1. The normalized spacial score (nSPS) is 41.9. The largest absolute Gasteiger partial charge is 0.465 e. The molecule has 5 aliphatic rings. The minimum Gasteiger partial charge on any atom is -0.465 e. The quantitative estimate of drug-likeness (QED) is 0.810. The lowest BCUT2D eigenvalue weighted by atomic mass is 9.49. The highest BCUT2D eigenvalue weighted by atomic mass is 16.4. The lowest BCUT2D eigenvalue weighted by molar-refractivity contribution is -0.158. The first-order valence-electron chi connectivity index (χ1n) is 8.79. The van der Waals surface area contributed by atoms with Gasteiger partial charge in [-0.3, -0.25) is 9.59 Å². The molecule has 6 nitrogen and oxygen atoms in total. The van der Waals surface area contributed by atoms with E-state index >= 15 is 0 Å². The van der Waals surface area contributed by atoms with Gasteiger partial charge in [0.25, 0.3) is 0 Å². The van der Waals surface area contributed by atoms with Crippen LogP contribution in [-0.2, 0) is 9.59 Å². The molecule has 2 unspecified atom stereocenters. The van der Waals surface area contributed by atoms with E-state index in [9.17, 15) is 14.4 Å². The lowest BCUT2D eigenvalue weighted by Crippen LogP contribution is -2.59. The van der Waals surface area contributed by atoms with Crippen molar-refractivity contribution in [2.75, 3.05) is 13.1 Å². The third-order valence-corrected chi connectivity index (χ3v) is 6.50. The average molecular weight is 320 g/mol. The molecule has 23 heavy (non-hydrogen) atoms. The van der Waals surface area contributed by atoms with E-state index in [1.165, 1.54) is 4.90 Å². The number of ketones is 1. The molecular formula is C17H24N2O4. The monoisotopic (exact) mass is 320 g/mol. The van der Waals surface area contributed by atoms with Crippen LogP contribution in [0.5, 0.6) is 0 Å². The molecule has 0 aromatic carbocycles. The Kier molecular flexibility index (Phi) is 3.39. The second kappa shape index (κ2) is 5.21. The molecule has 1 saturated heterocycles. The van der Waals surface area contributed by atoms with E-state index in [2.05, 4.69) is 5.32 Å². The van der Waals surface area contributed by atoms with Crippen LogP contribution in [0.25, 0.3) is 0 Å². The van der Waals surface area contributed by atoms with E-state index in [4.69, 9.17) is 5.11 Å². The standard InChI is InChI=1S/C17H24N2O4/c20-14-11-4-10-5-12(14)8-17(6-10,7-11)15(21)18-13-2-1-3-19(9-13)16(22)23/h10-13H,1-9H2,(H,18,21)(H,22,23)/t10?,11?,12?,13-,17?/m0/s1. The van der Waals surface area contributed by atoms with Crippen LogP contribution in [0.3, 0.4) is 0 Å². The van der Waals surface area contributed by atoms with Crippen LogP contribution in [0, 0.1) is 23.2 Å². The zero-order chi connectivity index (χ0) is 16.2. The Morgan fingerprint density at radius 1 is 1.17 bits per heavy atom. The summed E-state index contributed by atoms with van der Waals surface area (Å²) >= 11 is 0. The van der Waals surface area contributed by atoms with E-state index < -0.39 is 6.09 Å². The fourth-order valence-corrected chi connectivity index (χ4v) is 5.63. The van der Waals surface area contributed by atoms with Gasteiger partial charge < -0.3 is 15.3 Å². The number of carbonyl (C=O) groups excluding carboxylic acids is 2. The molecule has 2 N–H and O–H groups in total. The van der Waals surface area contributed by atoms with E-state index in [1.807, 2.05) is 0 Å². The number of likely N-dealkylation sites (tertiary alicyclic amines) is 1. The summed E-state index contributed by atoms with van der Waals surface area (Å²) in [6, 6.07) is -0.0870. The molecule has 0 aromatic heterocycles. The van der Waals surface area contributed by atoms with Crippen LogP contribution < -0.4 is 5.32 Å². The van der Waals surface area contributed by atoms with Crippen molar-refractivity contribution in [1.82, 2.24) is 10.2 Å². The molecule has 5 fully saturated rings. The molecule has 4 saturated carbocycles. The summed E-state index contributed by atoms with van der Waals surface area (Å²) in [4.78, 5) is 37.7. The van der Waals surface area contributed by atoms with Crippen LogP contribution in [0.1, 0.15) is 44.9 Å². The van der Waals surface area contributed by atoms with Gasteiger partial charge in [0.15, 0.2) is 0 Å². The number of hydrogen-bond donors (Lipinski definition) is 2. The number of amides is 2. The maximum Gasteiger partial charge on any atom is 0.407 e. The first-order valence-corrected chi connectivity index (χ1v) is 8.79. The van der Waals surface area contributed by atoms with Gasteiger partial charge in [-0.2, -0.15) is 0 Å². The predicted molar refractivity (Wildman–Crippen MR) is 81.8 cm³/mol. The van der Waals surface area contributed by atoms with Gasteiger partial charge in [0, 0.05) is 31.0 Å². The number of carbonyl (C=O) groups is 3. The molecule has 0 spiro atoms. The van der Waals surface area contributed by atoms with Gasteiger partial charge in [-0.15, -0.1) is 0 Å². The molecule has 3 atom stereocenters. The summed E-state index contributed by atoms with van der Waals surface area (Å²) in [7, 11) is 0. The Morgan fingerprint density at radius 3 is 2.52 bits per heavy atom. The van der Waals surface area contributed by atoms with Crippen molar-refractivity contribution in [3.05, 3.63) is 0 Å². The summed E-state index contributed by atoms with van der Waals surface area (Å²) in [5.74, 6) is 1.17.